The number of halogens is 1. The minimum Gasteiger partial charge on any atom is -0.462 e. The number of carbonyl (C=O) groups excluding carboxylic acids is 1. The minimum atomic E-state index is -0.0231. The van der Waals surface area contributed by atoms with Crippen LogP contribution in [-0.2, 0) is 16.0 Å². The molecule has 31 heavy (non-hydrogen) atoms. The highest BCUT2D eigenvalue weighted by Gasteiger charge is 2.32. The van der Waals surface area contributed by atoms with Gasteiger partial charge in [0.1, 0.15) is 0 Å². The molecule has 0 N–H and O–H groups in total. The maximum Gasteiger partial charge on any atom is 0.361 e. The molecule has 1 aliphatic heterocycles. The van der Waals surface area contributed by atoms with Gasteiger partial charge in [0.15, 0.2) is 6.54 Å². The molecule has 2 rings (SSSR count). The van der Waals surface area contributed by atoms with Crippen LogP contribution in [0.2, 0.25) is 5.02 Å². The van der Waals surface area contributed by atoms with Crippen molar-refractivity contribution in [2.45, 2.75) is 84.5 Å². The summed E-state index contributed by atoms with van der Waals surface area (Å²) < 4.78 is 6.47. The van der Waals surface area contributed by atoms with Gasteiger partial charge in [0.25, 0.3) is 0 Å². The highest BCUT2D eigenvalue weighted by molar-refractivity contribution is 6.31. The van der Waals surface area contributed by atoms with Gasteiger partial charge in [-0.2, -0.15) is 0 Å². The third-order valence-corrected chi connectivity index (χ3v) is 6.86. The molecule has 0 atom stereocenters. The Hall–Kier alpha value is -1.32. The number of hydrogen-bond donors (Lipinski definition) is 0. The fraction of sp³-hybridized carbons (Fsp3) is 0.667. The SMILES string of the molecule is CCCCCCCCCOC(=O)C[N+]1(C/C=C(\C)Cc2ccccc2Cl)CCCCC1. The monoisotopic (exact) mass is 448 g/mol. The molecule has 1 heterocycles. The lowest BCUT2D eigenvalue weighted by molar-refractivity contribution is -0.920. The van der Waals surface area contributed by atoms with Crippen molar-refractivity contribution >= 4 is 17.6 Å². The Bertz CT molecular complexity index is 680. The molecule has 1 aromatic rings. The van der Waals surface area contributed by atoms with E-state index < -0.39 is 0 Å². The number of rotatable bonds is 14. The number of benzene rings is 1. The van der Waals surface area contributed by atoms with Gasteiger partial charge >= 0.3 is 5.97 Å². The van der Waals surface area contributed by atoms with Gasteiger partial charge in [-0.15, -0.1) is 0 Å². The van der Waals surface area contributed by atoms with Crippen molar-refractivity contribution in [3.63, 3.8) is 0 Å². The van der Waals surface area contributed by atoms with Crippen molar-refractivity contribution < 1.29 is 14.0 Å². The van der Waals surface area contributed by atoms with Gasteiger partial charge in [0.05, 0.1) is 26.2 Å². The minimum absolute atomic E-state index is 0.0231. The summed E-state index contributed by atoms with van der Waals surface area (Å²) >= 11 is 6.32. The zero-order chi connectivity index (χ0) is 22.4. The molecule has 1 aromatic carbocycles. The van der Waals surface area contributed by atoms with Crippen LogP contribution < -0.4 is 0 Å². The van der Waals surface area contributed by atoms with E-state index in [1.807, 2.05) is 18.2 Å². The summed E-state index contributed by atoms with van der Waals surface area (Å²) in [4.78, 5) is 12.6. The second-order valence-corrected chi connectivity index (χ2v) is 9.76. The lowest BCUT2D eigenvalue weighted by atomic mass is 10.0. The Morgan fingerprint density at radius 1 is 1.03 bits per heavy atom. The maximum atomic E-state index is 12.6. The van der Waals surface area contributed by atoms with Crippen LogP contribution in [0.3, 0.4) is 0 Å². The van der Waals surface area contributed by atoms with Crippen LogP contribution in [-0.4, -0.2) is 43.2 Å². The molecule has 0 radical (unpaired) electrons. The van der Waals surface area contributed by atoms with Crippen LogP contribution in [0.1, 0.15) is 83.6 Å². The van der Waals surface area contributed by atoms with Crippen molar-refractivity contribution in [3.05, 3.63) is 46.5 Å². The molecule has 0 unspecified atom stereocenters. The predicted octanol–water partition coefficient (Wildman–Crippen LogP) is 7.12. The first kappa shape index (κ1) is 25.9. The van der Waals surface area contributed by atoms with Gasteiger partial charge in [-0.3, -0.25) is 0 Å². The molecule has 1 fully saturated rings. The average Bonchev–Trinajstić information content (AvgIpc) is 2.76. The smallest absolute Gasteiger partial charge is 0.361 e. The van der Waals surface area contributed by atoms with E-state index in [4.69, 9.17) is 16.3 Å². The fourth-order valence-corrected chi connectivity index (χ4v) is 4.72. The van der Waals surface area contributed by atoms with E-state index in [1.54, 1.807) is 0 Å². The number of likely N-dealkylation sites (tertiary alicyclic amines) is 1. The molecule has 3 nitrogen and oxygen atoms in total. The number of quaternary nitrogens is 1. The largest absolute Gasteiger partial charge is 0.462 e. The van der Waals surface area contributed by atoms with Gasteiger partial charge in [-0.05, 0) is 56.7 Å². The van der Waals surface area contributed by atoms with Gasteiger partial charge in [-0.1, -0.05) is 80.8 Å². The Kier molecular flexibility index (Phi) is 12.3. The van der Waals surface area contributed by atoms with E-state index in [-0.39, 0.29) is 5.97 Å². The van der Waals surface area contributed by atoms with Crippen LogP contribution in [0.15, 0.2) is 35.9 Å². The predicted molar refractivity (Wildman–Crippen MR) is 131 cm³/mol. The summed E-state index contributed by atoms with van der Waals surface area (Å²) in [6, 6.07) is 8.04. The van der Waals surface area contributed by atoms with E-state index >= 15 is 0 Å². The molecular formula is C27H43ClNO2+. The number of hydrogen-bond acceptors (Lipinski definition) is 2. The van der Waals surface area contributed by atoms with Gasteiger partial charge in [-0.25, -0.2) is 4.79 Å². The number of ether oxygens (including phenoxy) is 1. The maximum absolute atomic E-state index is 12.6. The molecule has 0 amide bonds. The number of esters is 1. The van der Waals surface area contributed by atoms with Crippen molar-refractivity contribution in [3.8, 4) is 0 Å². The Labute approximate surface area is 195 Å². The van der Waals surface area contributed by atoms with E-state index in [1.165, 1.54) is 63.4 Å². The van der Waals surface area contributed by atoms with Gasteiger partial charge < -0.3 is 9.22 Å². The first-order valence-corrected chi connectivity index (χ1v) is 12.8. The van der Waals surface area contributed by atoms with Crippen LogP contribution in [0.4, 0.5) is 0 Å². The summed E-state index contributed by atoms with van der Waals surface area (Å²) in [5.41, 5.74) is 2.48. The normalized spacial score (nSPS) is 16.3. The van der Waals surface area contributed by atoms with Crippen molar-refractivity contribution in [2.24, 2.45) is 0 Å². The van der Waals surface area contributed by atoms with Crippen LogP contribution in [0, 0.1) is 0 Å². The summed E-state index contributed by atoms with van der Waals surface area (Å²) in [7, 11) is 0. The van der Waals surface area contributed by atoms with E-state index in [0.29, 0.717) is 13.2 Å². The van der Waals surface area contributed by atoms with Crippen LogP contribution >= 0.6 is 11.6 Å². The van der Waals surface area contributed by atoms with E-state index in [2.05, 4.69) is 26.0 Å². The zero-order valence-electron chi connectivity index (χ0n) is 19.8. The fourth-order valence-electron chi connectivity index (χ4n) is 4.52. The third-order valence-electron chi connectivity index (χ3n) is 6.49. The number of piperidine rings is 1. The van der Waals surface area contributed by atoms with Crippen molar-refractivity contribution in [1.29, 1.82) is 0 Å². The van der Waals surface area contributed by atoms with Gasteiger partial charge in [0.2, 0.25) is 0 Å². The molecule has 1 aliphatic rings. The number of nitrogens with zero attached hydrogens (tertiary/aromatic N) is 1. The summed E-state index contributed by atoms with van der Waals surface area (Å²) in [6.45, 7) is 8.55. The molecular weight excluding hydrogens is 406 g/mol. The lowest BCUT2D eigenvalue weighted by Crippen LogP contribution is -2.54. The Morgan fingerprint density at radius 3 is 2.42 bits per heavy atom. The first-order chi connectivity index (χ1) is 15.0. The van der Waals surface area contributed by atoms with Crippen molar-refractivity contribution in [2.75, 3.05) is 32.8 Å². The summed E-state index contributed by atoms with van der Waals surface area (Å²) in [5, 5.41) is 0.825. The Morgan fingerprint density at radius 2 is 1.71 bits per heavy atom. The number of allylic oxidation sites excluding steroid dienone is 1. The highest BCUT2D eigenvalue weighted by Crippen LogP contribution is 2.22. The van der Waals surface area contributed by atoms with Crippen LogP contribution in [0.25, 0.3) is 0 Å². The standard InChI is InChI=1S/C27H43ClNO2/c1-3-4-5-6-7-8-14-21-31-27(30)23-29(18-12-9-13-19-29)20-17-24(2)22-25-15-10-11-16-26(25)28/h10-11,15-17H,3-9,12-14,18-23H2,1-2H3/q+1/b24-17+. The number of unbranched alkanes of at least 4 members (excludes halogenated alkanes) is 6. The molecule has 0 bridgehead atoms. The molecule has 4 heteroatoms. The van der Waals surface area contributed by atoms with E-state index in [0.717, 1.165) is 47.5 Å². The zero-order valence-corrected chi connectivity index (χ0v) is 20.6. The third kappa shape index (κ3) is 10.2. The summed E-state index contributed by atoms with van der Waals surface area (Å²) in [6.07, 6.45) is 15.5. The molecule has 0 aliphatic carbocycles. The molecule has 0 aromatic heterocycles. The second kappa shape index (κ2) is 14.7. The molecule has 0 saturated carbocycles. The average molecular weight is 449 g/mol. The quantitative estimate of drug-likeness (QED) is 0.131. The number of carbonyl (C=O) groups is 1. The second-order valence-electron chi connectivity index (χ2n) is 9.35. The molecule has 0 spiro atoms. The summed E-state index contributed by atoms with van der Waals surface area (Å²) in [5.74, 6) is -0.0231. The topological polar surface area (TPSA) is 26.3 Å². The van der Waals surface area contributed by atoms with Gasteiger partial charge in [0, 0.05) is 5.02 Å². The molecule has 174 valence electrons. The lowest BCUT2D eigenvalue weighted by Gasteiger charge is -2.40. The van der Waals surface area contributed by atoms with Crippen molar-refractivity contribution in [1.82, 2.24) is 0 Å². The van der Waals surface area contributed by atoms with E-state index in [9.17, 15) is 4.79 Å². The molecule has 1 saturated heterocycles. The Balaban J connectivity index is 1.79. The van der Waals surface area contributed by atoms with Crippen LogP contribution in [0.5, 0.6) is 0 Å². The first-order valence-electron chi connectivity index (χ1n) is 12.4. The highest BCUT2D eigenvalue weighted by atomic mass is 35.5.